The van der Waals surface area contributed by atoms with Crippen LogP contribution in [0.1, 0.15) is 42.1 Å². The van der Waals surface area contributed by atoms with Gasteiger partial charge in [0.25, 0.3) is 0 Å². The van der Waals surface area contributed by atoms with Gasteiger partial charge >= 0.3 is 12.0 Å². The molecule has 1 saturated carbocycles. The molecule has 2 rings (SSSR count). The Morgan fingerprint density at radius 3 is 2.80 bits per heavy atom. The molecular formula is C15H20N2O3. The minimum Gasteiger partial charge on any atom is -0.478 e. The maximum atomic E-state index is 11.8. The van der Waals surface area contributed by atoms with E-state index >= 15 is 0 Å². The van der Waals surface area contributed by atoms with Crippen LogP contribution in [0.2, 0.25) is 0 Å². The molecule has 5 heteroatoms. The minimum absolute atomic E-state index is 0.207. The van der Waals surface area contributed by atoms with Crippen molar-refractivity contribution >= 4 is 17.7 Å². The number of aryl methyl sites for hydroxylation is 1. The van der Waals surface area contributed by atoms with Crippen molar-refractivity contribution in [1.29, 1.82) is 0 Å². The Morgan fingerprint density at radius 2 is 2.15 bits per heavy atom. The molecule has 1 aliphatic rings. The molecule has 0 aliphatic heterocycles. The monoisotopic (exact) mass is 276 g/mol. The fourth-order valence-corrected chi connectivity index (χ4v) is 2.38. The molecule has 1 aromatic carbocycles. The van der Waals surface area contributed by atoms with E-state index in [2.05, 4.69) is 17.6 Å². The first-order valence-electron chi connectivity index (χ1n) is 6.92. The number of benzene rings is 1. The summed E-state index contributed by atoms with van der Waals surface area (Å²) in [5, 5.41) is 14.6. The van der Waals surface area contributed by atoms with Crippen molar-refractivity contribution in [3.8, 4) is 0 Å². The van der Waals surface area contributed by atoms with E-state index in [0.717, 1.165) is 19.3 Å². The minimum atomic E-state index is -0.989. The Hall–Kier alpha value is -2.04. The van der Waals surface area contributed by atoms with Gasteiger partial charge in [-0.05, 0) is 43.4 Å². The van der Waals surface area contributed by atoms with E-state index in [4.69, 9.17) is 5.11 Å². The van der Waals surface area contributed by atoms with Crippen molar-refractivity contribution in [2.24, 2.45) is 5.92 Å². The number of aromatic carboxylic acids is 1. The lowest BCUT2D eigenvalue weighted by Gasteiger charge is -2.09. The highest BCUT2D eigenvalue weighted by Crippen LogP contribution is 2.34. The number of amides is 2. The summed E-state index contributed by atoms with van der Waals surface area (Å²) in [4.78, 5) is 22.8. The van der Waals surface area contributed by atoms with Crippen molar-refractivity contribution in [1.82, 2.24) is 5.32 Å². The summed E-state index contributed by atoms with van der Waals surface area (Å²) in [6, 6.07) is 4.87. The van der Waals surface area contributed by atoms with Crippen LogP contribution >= 0.6 is 0 Å². The summed E-state index contributed by atoms with van der Waals surface area (Å²) < 4.78 is 0. The Labute approximate surface area is 118 Å². The van der Waals surface area contributed by atoms with E-state index < -0.39 is 5.97 Å². The third kappa shape index (κ3) is 3.50. The van der Waals surface area contributed by atoms with E-state index in [1.54, 1.807) is 19.1 Å². The molecule has 1 fully saturated rings. The Bertz CT molecular complexity index is 528. The third-order valence-electron chi connectivity index (χ3n) is 3.62. The van der Waals surface area contributed by atoms with Crippen LogP contribution in [0, 0.1) is 12.8 Å². The maximum absolute atomic E-state index is 11.8. The number of carboxylic acid groups (broad SMARTS) is 1. The molecule has 2 amide bonds. The molecular weight excluding hydrogens is 256 g/mol. The Kier molecular flexibility index (Phi) is 4.27. The zero-order valence-corrected chi connectivity index (χ0v) is 11.8. The number of carbonyl (C=O) groups is 2. The van der Waals surface area contributed by atoms with Crippen molar-refractivity contribution in [3.05, 3.63) is 29.3 Å². The number of anilines is 1. The van der Waals surface area contributed by atoms with Gasteiger partial charge in [-0.25, -0.2) is 9.59 Å². The van der Waals surface area contributed by atoms with Crippen LogP contribution < -0.4 is 10.6 Å². The second-order valence-electron chi connectivity index (χ2n) is 5.32. The fourth-order valence-electron chi connectivity index (χ4n) is 2.38. The molecule has 1 aliphatic carbocycles. The molecule has 3 N–H and O–H groups in total. The van der Waals surface area contributed by atoms with Gasteiger partial charge in [0.1, 0.15) is 0 Å². The highest BCUT2D eigenvalue weighted by atomic mass is 16.4. The highest BCUT2D eigenvalue weighted by molar-refractivity contribution is 5.94. The third-order valence-corrected chi connectivity index (χ3v) is 3.62. The average Bonchev–Trinajstić information content (AvgIpc) is 3.09. The standard InChI is InChI=1S/C15H20N2O3/c1-3-4-10-7-13(10)17-15(20)16-11-6-5-9(2)12(8-11)14(18)19/h5-6,8,10,13H,3-4,7H2,1-2H3,(H,18,19)(H2,16,17,20). The SMILES string of the molecule is CCCC1CC1NC(=O)Nc1ccc(C)c(C(=O)O)c1. The topological polar surface area (TPSA) is 78.4 Å². The Morgan fingerprint density at radius 1 is 1.40 bits per heavy atom. The molecule has 1 aromatic rings. The molecule has 0 heterocycles. The first kappa shape index (κ1) is 14.4. The average molecular weight is 276 g/mol. The van der Waals surface area contributed by atoms with Crippen LogP contribution in [0.15, 0.2) is 18.2 Å². The van der Waals surface area contributed by atoms with E-state index in [-0.39, 0.29) is 17.6 Å². The summed E-state index contributed by atoms with van der Waals surface area (Å²) >= 11 is 0. The zero-order chi connectivity index (χ0) is 14.7. The first-order chi connectivity index (χ1) is 9.51. The van der Waals surface area contributed by atoms with Gasteiger partial charge in [-0.15, -0.1) is 0 Å². The van der Waals surface area contributed by atoms with Crippen molar-refractivity contribution < 1.29 is 14.7 Å². The van der Waals surface area contributed by atoms with Gasteiger partial charge in [-0.1, -0.05) is 19.4 Å². The van der Waals surface area contributed by atoms with Crippen molar-refractivity contribution in [3.63, 3.8) is 0 Å². The van der Waals surface area contributed by atoms with Crippen molar-refractivity contribution in [2.75, 3.05) is 5.32 Å². The van der Waals surface area contributed by atoms with Gasteiger partial charge in [0, 0.05) is 11.7 Å². The summed E-state index contributed by atoms with van der Waals surface area (Å²) in [5.41, 5.74) is 1.38. The summed E-state index contributed by atoms with van der Waals surface area (Å²) in [6.07, 6.45) is 3.30. The lowest BCUT2D eigenvalue weighted by atomic mass is 10.1. The number of urea groups is 1. The van der Waals surface area contributed by atoms with E-state index in [1.165, 1.54) is 6.07 Å². The lowest BCUT2D eigenvalue weighted by Crippen LogP contribution is -2.31. The number of nitrogens with one attached hydrogen (secondary N) is 2. The number of carboxylic acids is 1. The van der Waals surface area contributed by atoms with Crippen LogP contribution in [0.4, 0.5) is 10.5 Å². The molecule has 0 spiro atoms. The van der Waals surface area contributed by atoms with Crippen LogP contribution in [0.3, 0.4) is 0 Å². The van der Waals surface area contributed by atoms with Gasteiger partial charge in [0.05, 0.1) is 5.56 Å². The first-order valence-corrected chi connectivity index (χ1v) is 6.92. The quantitative estimate of drug-likeness (QED) is 0.773. The van der Waals surface area contributed by atoms with Crippen LogP contribution in [-0.2, 0) is 0 Å². The van der Waals surface area contributed by atoms with Crippen molar-refractivity contribution in [2.45, 2.75) is 39.2 Å². The number of rotatable bonds is 5. The highest BCUT2D eigenvalue weighted by Gasteiger charge is 2.37. The Balaban J connectivity index is 1.92. The molecule has 2 atom stereocenters. The van der Waals surface area contributed by atoms with E-state index in [9.17, 15) is 9.59 Å². The molecule has 0 aromatic heterocycles. The smallest absolute Gasteiger partial charge is 0.336 e. The summed E-state index contributed by atoms with van der Waals surface area (Å²) in [5.74, 6) is -0.393. The van der Waals surface area contributed by atoms with E-state index in [1.807, 2.05) is 0 Å². The predicted octanol–water partition coefficient (Wildman–Crippen LogP) is 3.00. The largest absolute Gasteiger partial charge is 0.478 e. The lowest BCUT2D eigenvalue weighted by molar-refractivity contribution is 0.0696. The van der Waals surface area contributed by atoms with Crippen LogP contribution in [0.25, 0.3) is 0 Å². The van der Waals surface area contributed by atoms with Crippen LogP contribution in [0.5, 0.6) is 0 Å². The zero-order valence-electron chi connectivity index (χ0n) is 11.8. The van der Waals surface area contributed by atoms with Gasteiger partial charge in [-0.3, -0.25) is 0 Å². The van der Waals surface area contributed by atoms with Gasteiger partial charge in [0.2, 0.25) is 0 Å². The normalized spacial score (nSPS) is 20.3. The fraction of sp³-hybridized carbons (Fsp3) is 0.467. The molecule has 108 valence electrons. The van der Waals surface area contributed by atoms with Gasteiger partial charge in [-0.2, -0.15) is 0 Å². The molecule has 0 radical (unpaired) electrons. The molecule has 20 heavy (non-hydrogen) atoms. The molecule has 2 unspecified atom stereocenters. The maximum Gasteiger partial charge on any atom is 0.336 e. The van der Waals surface area contributed by atoms with Crippen LogP contribution in [-0.4, -0.2) is 23.1 Å². The van der Waals surface area contributed by atoms with Gasteiger partial charge < -0.3 is 15.7 Å². The number of hydrogen-bond donors (Lipinski definition) is 3. The number of hydrogen-bond acceptors (Lipinski definition) is 2. The number of carbonyl (C=O) groups excluding carboxylic acids is 1. The second kappa shape index (κ2) is 5.94. The summed E-state index contributed by atoms with van der Waals surface area (Å²) in [7, 11) is 0. The molecule has 0 saturated heterocycles. The molecule has 0 bridgehead atoms. The van der Waals surface area contributed by atoms with Gasteiger partial charge in [0.15, 0.2) is 0 Å². The summed E-state index contributed by atoms with van der Waals surface area (Å²) in [6.45, 7) is 3.86. The second-order valence-corrected chi connectivity index (χ2v) is 5.32. The van der Waals surface area contributed by atoms with E-state index in [0.29, 0.717) is 17.2 Å². The predicted molar refractivity (Wildman–Crippen MR) is 77.1 cm³/mol. The molecule has 5 nitrogen and oxygen atoms in total.